The van der Waals surface area contributed by atoms with Gasteiger partial charge in [-0.1, -0.05) is 39.5 Å². The third-order valence-corrected chi connectivity index (χ3v) is 7.05. The van der Waals surface area contributed by atoms with Crippen LogP contribution in [0.1, 0.15) is 0 Å². The van der Waals surface area contributed by atoms with Crippen LogP contribution in [-0.4, -0.2) is 164 Å². The van der Waals surface area contributed by atoms with Crippen LogP contribution in [0.3, 0.4) is 0 Å². The molecule has 25 heteroatoms. The predicted molar refractivity (Wildman–Crippen MR) is 208 cm³/mol. The lowest BCUT2D eigenvalue weighted by molar-refractivity contribution is -0.183. The summed E-state index contributed by atoms with van der Waals surface area (Å²) >= 11 is 0. The minimum atomic E-state index is -2.04. The zero-order valence-corrected chi connectivity index (χ0v) is 34.8. The van der Waals surface area contributed by atoms with Crippen LogP contribution in [0.4, 0.5) is 0 Å². The summed E-state index contributed by atoms with van der Waals surface area (Å²) in [6.45, 7) is 5.83. The molecule has 0 spiro atoms. The Morgan fingerprint density at radius 3 is 0.554 bits per heavy atom. The van der Waals surface area contributed by atoms with Crippen molar-refractivity contribution in [1.29, 1.82) is 0 Å². The van der Waals surface area contributed by atoms with E-state index in [-0.39, 0.29) is 0 Å². The van der Waals surface area contributed by atoms with Crippen LogP contribution in [0, 0.1) is 10.8 Å². The second-order valence-corrected chi connectivity index (χ2v) is 12.3. The SMILES string of the molecule is C=CC(=O)OCC(=O)OCC(COCC(COC(=O)COC(=O)C=C)(COC(=O)COC(=O)C=C)COC(=O)COC(=O)C=C)(COC(=O)COC(=O)C=C)COC(=O)COC(=O)C=C. The van der Waals surface area contributed by atoms with Crippen molar-refractivity contribution in [3.05, 3.63) is 75.9 Å². The molecule has 0 aromatic rings. The Hall–Kier alpha value is -7.96. The van der Waals surface area contributed by atoms with Gasteiger partial charge in [0.15, 0.2) is 39.6 Å². The molecule has 0 saturated heterocycles. The highest BCUT2D eigenvalue weighted by molar-refractivity contribution is 5.86. The first kappa shape index (κ1) is 57.0. The molecule has 0 aliphatic carbocycles. The summed E-state index contributed by atoms with van der Waals surface area (Å²) in [7, 11) is 0. The average Bonchev–Trinajstić information content (AvgIpc) is 3.31. The van der Waals surface area contributed by atoms with Gasteiger partial charge >= 0.3 is 71.6 Å². The summed E-state index contributed by atoms with van der Waals surface area (Å²) < 4.78 is 65.1. The van der Waals surface area contributed by atoms with E-state index in [1.54, 1.807) is 0 Å². The molecule has 0 fully saturated rings. The van der Waals surface area contributed by atoms with Crippen molar-refractivity contribution in [2.45, 2.75) is 0 Å². The van der Waals surface area contributed by atoms with E-state index in [1.165, 1.54) is 0 Å². The average molecular weight is 927 g/mol. The van der Waals surface area contributed by atoms with Crippen molar-refractivity contribution in [3.63, 3.8) is 0 Å². The molecule has 0 amide bonds. The molecule has 0 aliphatic rings. The lowest BCUT2D eigenvalue weighted by Crippen LogP contribution is -2.48. The first-order valence-electron chi connectivity index (χ1n) is 18.1. The molecule has 25 nitrogen and oxygen atoms in total. The van der Waals surface area contributed by atoms with Crippen molar-refractivity contribution < 1.29 is 119 Å². The third-order valence-electron chi connectivity index (χ3n) is 7.05. The number of carbonyl (C=O) groups excluding carboxylic acids is 12. The molecule has 356 valence electrons. The Morgan fingerprint density at radius 1 is 0.262 bits per heavy atom. The summed E-state index contributed by atoms with van der Waals surface area (Å²) in [6.07, 6.45) is 4.39. The van der Waals surface area contributed by atoms with Crippen molar-refractivity contribution in [2.24, 2.45) is 10.8 Å². The molecule has 0 radical (unpaired) electrons. The van der Waals surface area contributed by atoms with Gasteiger partial charge in [-0.3, -0.25) is 0 Å². The van der Waals surface area contributed by atoms with Gasteiger partial charge in [0.05, 0.1) is 24.0 Å². The number of ether oxygens (including phenoxy) is 13. The van der Waals surface area contributed by atoms with Gasteiger partial charge in [0.1, 0.15) is 39.6 Å². The Bertz CT molecular complexity index is 1480. The molecule has 0 aromatic heterocycles. The van der Waals surface area contributed by atoms with Crippen LogP contribution in [0.15, 0.2) is 75.9 Å². The molecular weight excluding hydrogens is 880 g/mol. The van der Waals surface area contributed by atoms with Crippen molar-refractivity contribution in [3.8, 4) is 0 Å². The summed E-state index contributed by atoms with van der Waals surface area (Å²) in [5.74, 6) is -13.5. The van der Waals surface area contributed by atoms with Crippen molar-refractivity contribution in [1.82, 2.24) is 0 Å². The standard InChI is InChI=1S/C40H46O25/c1-7-27(41)54-13-33(47)60-21-39(22-61-34(48)14-55-28(42)8-2,23-62-35(49)15-56-29(43)9-3)19-53-20-40(24-63-36(50)16-57-30(44)10-4,25-64-37(51)17-58-31(45)11-5)26-65-38(52)18-59-32(46)12-6/h7-12H,1-6,13-26H2. The van der Waals surface area contributed by atoms with Crippen LogP contribution in [0.2, 0.25) is 0 Å². The maximum Gasteiger partial charge on any atom is 0.344 e. The van der Waals surface area contributed by atoms with E-state index >= 15 is 0 Å². The first-order valence-corrected chi connectivity index (χ1v) is 18.1. The molecule has 0 unspecified atom stereocenters. The Labute approximate surface area is 369 Å². The lowest BCUT2D eigenvalue weighted by Gasteiger charge is -2.35. The molecule has 65 heavy (non-hydrogen) atoms. The van der Waals surface area contributed by atoms with Gasteiger partial charge in [0.2, 0.25) is 0 Å². The number of carbonyl (C=O) groups is 12. The number of rotatable bonds is 34. The van der Waals surface area contributed by atoms with E-state index in [2.05, 4.69) is 67.9 Å². The zero-order valence-electron chi connectivity index (χ0n) is 34.8. The van der Waals surface area contributed by atoms with Crippen molar-refractivity contribution in [2.75, 3.05) is 92.5 Å². The highest BCUT2D eigenvalue weighted by Crippen LogP contribution is 2.26. The van der Waals surface area contributed by atoms with E-state index in [4.69, 9.17) is 33.2 Å². The van der Waals surface area contributed by atoms with Gasteiger partial charge in [0, 0.05) is 36.5 Å². The third kappa shape index (κ3) is 26.9. The van der Waals surface area contributed by atoms with E-state index < -0.39 is 175 Å². The summed E-state index contributed by atoms with van der Waals surface area (Å²) in [6, 6.07) is 0. The zero-order chi connectivity index (χ0) is 49.3. The molecular formula is C40H46O25. The Balaban J connectivity index is 7.18. The monoisotopic (exact) mass is 926 g/mol. The van der Waals surface area contributed by atoms with E-state index in [9.17, 15) is 57.5 Å². The minimum absolute atomic E-state index is 0.732. The maximum atomic E-state index is 12.7. The fourth-order valence-corrected chi connectivity index (χ4v) is 3.77. The maximum absolute atomic E-state index is 12.7. The number of hydrogen-bond acceptors (Lipinski definition) is 25. The molecule has 0 bridgehead atoms. The van der Waals surface area contributed by atoms with Crippen LogP contribution < -0.4 is 0 Å². The second kappa shape index (κ2) is 31.8. The van der Waals surface area contributed by atoms with Gasteiger partial charge in [-0.05, 0) is 0 Å². The van der Waals surface area contributed by atoms with E-state index in [1.807, 2.05) is 0 Å². The van der Waals surface area contributed by atoms with Gasteiger partial charge in [0.25, 0.3) is 0 Å². The normalized spacial score (nSPS) is 10.3. The highest BCUT2D eigenvalue weighted by Gasteiger charge is 2.41. The fraction of sp³-hybridized carbons (Fsp3) is 0.400. The first-order chi connectivity index (χ1) is 30.8. The number of hydrogen-bond donors (Lipinski definition) is 0. The molecule has 0 N–H and O–H groups in total. The quantitative estimate of drug-likeness (QED) is 0.0407. The summed E-state index contributed by atoms with van der Waals surface area (Å²) in [4.78, 5) is 145. The summed E-state index contributed by atoms with van der Waals surface area (Å²) in [5.41, 5.74) is -4.08. The fourth-order valence-electron chi connectivity index (χ4n) is 3.77. The molecule has 0 rings (SSSR count). The van der Waals surface area contributed by atoms with Gasteiger partial charge < -0.3 is 61.6 Å². The largest absolute Gasteiger partial charge is 0.462 e. The summed E-state index contributed by atoms with van der Waals surface area (Å²) in [5, 5.41) is 0. The van der Waals surface area contributed by atoms with E-state index in [0.717, 1.165) is 36.5 Å². The smallest absolute Gasteiger partial charge is 0.344 e. The van der Waals surface area contributed by atoms with Crippen LogP contribution >= 0.6 is 0 Å². The highest BCUT2D eigenvalue weighted by atomic mass is 16.6. The van der Waals surface area contributed by atoms with Crippen LogP contribution in [-0.2, 0) is 119 Å². The van der Waals surface area contributed by atoms with Gasteiger partial charge in [-0.15, -0.1) is 0 Å². The molecule has 0 aliphatic heterocycles. The molecule has 0 aromatic carbocycles. The Morgan fingerprint density at radius 2 is 0.415 bits per heavy atom. The van der Waals surface area contributed by atoms with Crippen molar-refractivity contribution >= 4 is 71.6 Å². The minimum Gasteiger partial charge on any atom is -0.462 e. The van der Waals surface area contributed by atoms with Gasteiger partial charge in [-0.25, -0.2) is 57.5 Å². The van der Waals surface area contributed by atoms with Crippen LogP contribution in [0.25, 0.3) is 0 Å². The van der Waals surface area contributed by atoms with Gasteiger partial charge in [-0.2, -0.15) is 0 Å². The Kier molecular flexibility index (Phi) is 27.9. The molecule has 0 atom stereocenters. The lowest BCUT2D eigenvalue weighted by atomic mass is 9.90. The number of esters is 12. The topological polar surface area (TPSA) is 325 Å². The van der Waals surface area contributed by atoms with Crippen LogP contribution in [0.5, 0.6) is 0 Å². The molecule has 0 saturated carbocycles. The predicted octanol–water partition coefficient (Wildman–Crippen LogP) is -1.39. The molecule has 0 heterocycles. The van der Waals surface area contributed by atoms with E-state index in [0.29, 0.717) is 0 Å². The second-order valence-electron chi connectivity index (χ2n) is 12.3.